The number of imidazole rings is 1. The minimum absolute atomic E-state index is 0.0566. The normalized spacial score (nSPS) is 23.9. The largest absolute Gasteiger partial charge is 0.422 e. The summed E-state index contributed by atoms with van der Waals surface area (Å²) in [6, 6.07) is 0. The van der Waals surface area contributed by atoms with E-state index >= 15 is 0 Å². The summed E-state index contributed by atoms with van der Waals surface area (Å²) in [5.74, 6) is 0.597. The van der Waals surface area contributed by atoms with Crippen molar-refractivity contribution in [1.82, 2.24) is 34.4 Å². The van der Waals surface area contributed by atoms with Gasteiger partial charge in [0.1, 0.15) is 18.5 Å². The van der Waals surface area contributed by atoms with Crippen LogP contribution in [-0.4, -0.2) is 79.9 Å². The Kier molecular flexibility index (Phi) is 6.09. The number of sulfonamides is 1. The van der Waals surface area contributed by atoms with Crippen LogP contribution >= 0.6 is 0 Å². The van der Waals surface area contributed by atoms with Crippen LogP contribution in [0, 0.1) is 0 Å². The van der Waals surface area contributed by atoms with Gasteiger partial charge < -0.3 is 24.7 Å². The predicted octanol–water partition coefficient (Wildman–Crippen LogP) is -0.540. The zero-order valence-electron chi connectivity index (χ0n) is 18.5. The first kappa shape index (κ1) is 23.4. The van der Waals surface area contributed by atoms with Crippen molar-refractivity contribution < 1.29 is 27.8 Å². The minimum atomic E-state index is -3.39. The Bertz CT molecular complexity index is 1240. The molecule has 1 fully saturated rings. The van der Waals surface area contributed by atoms with Gasteiger partial charge in [-0.05, 0) is 7.05 Å². The molecule has 4 rings (SSSR count). The highest BCUT2D eigenvalue weighted by Gasteiger charge is 2.48. The molecule has 0 bridgehead atoms. The molecule has 1 saturated heterocycles. The SMILES string of the molecule is CNS(=O)(=O)CCNc1ncnc2c1ncn2[C@@H]1O[C@H](c2nnc(C(C)(C)C)o2)[C@@H](O)[C@H]1O. The first-order valence-corrected chi connectivity index (χ1v) is 11.8. The van der Waals surface area contributed by atoms with E-state index in [4.69, 9.17) is 9.15 Å². The molecule has 3 aromatic heterocycles. The molecule has 15 heteroatoms. The van der Waals surface area contributed by atoms with Crippen molar-refractivity contribution in [3.05, 3.63) is 24.4 Å². The van der Waals surface area contributed by atoms with E-state index in [0.717, 1.165) is 0 Å². The molecular formula is C18H26N8O6S. The van der Waals surface area contributed by atoms with Gasteiger partial charge >= 0.3 is 0 Å². The van der Waals surface area contributed by atoms with Gasteiger partial charge in [0.25, 0.3) is 0 Å². The van der Waals surface area contributed by atoms with Gasteiger partial charge in [-0.25, -0.2) is 28.1 Å². The molecule has 14 nitrogen and oxygen atoms in total. The fourth-order valence-corrected chi connectivity index (χ4v) is 3.89. The third kappa shape index (κ3) is 4.54. The van der Waals surface area contributed by atoms with Crippen molar-refractivity contribution in [2.24, 2.45) is 0 Å². The van der Waals surface area contributed by atoms with Crippen molar-refractivity contribution in [3.63, 3.8) is 0 Å². The second-order valence-corrected chi connectivity index (χ2v) is 10.7. The average molecular weight is 483 g/mol. The van der Waals surface area contributed by atoms with Gasteiger partial charge in [-0.1, -0.05) is 20.8 Å². The summed E-state index contributed by atoms with van der Waals surface area (Å²) in [5.41, 5.74) is 0.280. The molecule has 3 aromatic rings. The third-order valence-corrected chi connectivity index (χ3v) is 6.53. The fourth-order valence-electron chi connectivity index (χ4n) is 3.32. The van der Waals surface area contributed by atoms with Gasteiger partial charge in [-0.3, -0.25) is 4.57 Å². The van der Waals surface area contributed by atoms with Crippen LogP contribution in [-0.2, 0) is 20.2 Å². The van der Waals surface area contributed by atoms with Crippen molar-refractivity contribution in [2.45, 2.75) is 50.7 Å². The summed E-state index contributed by atoms with van der Waals surface area (Å²) in [6.45, 7) is 5.82. The van der Waals surface area contributed by atoms with E-state index < -0.39 is 34.6 Å². The molecule has 0 radical (unpaired) electrons. The number of nitrogens with one attached hydrogen (secondary N) is 2. The number of fused-ring (bicyclic) bond motifs is 1. The van der Waals surface area contributed by atoms with Crippen molar-refractivity contribution >= 4 is 27.0 Å². The van der Waals surface area contributed by atoms with Crippen molar-refractivity contribution in [1.29, 1.82) is 0 Å². The number of rotatable bonds is 7. The molecular weight excluding hydrogens is 456 g/mol. The van der Waals surface area contributed by atoms with E-state index in [2.05, 4.69) is 35.2 Å². The molecule has 1 aliphatic rings. The summed E-state index contributed by atoms with van der Waals surface area (Å²) >= 11 is 0. The van der Waals surface area contributed by atoms with Crippen LogP contribution in [0.25, 0.3) is 11.2 Å². The molecule has 4 N–H and O–H groups in total. The number of ether oxygens (including phenoxy) is 1. The second kappa shape index (κ2) is 8.57. The Morgan fingerprint density at radius 1 is 1.15 bits per heavy atom. The number of aliphatic hydroxyl groups is 2. The first-order valence-electron chi connectivity index (χ1n) is 10.2. The lowest BCUT2D eigenvalue weighted by atomic mass is 9.97. The van der Waals surface area contributed by atoms with Crippen LogP contribution in [0.3, 0.4) is 0 Å². The quantitative estimate of drug-likeness (QED) is 0.337. The van der Waals surface area contributed by atoms with Gasteiger partial charge in [-0.2, -0.15) is 0 Å². The number of aliphatic hydroxyl groups excluding tert-OH is 2. The first-order chi connectivity index (χ1) is 15.5. The molecule has 0 spiro atoms. The van der Waals surface area contributed by atoms with Crippen LogP contribution < -0.4 is 10.0 Å². The highest BCUT2D eigenvalue weighted by molar-refractivity contribution is 7.89. The van der Waals surface area contributed by atoms with Crippen LogP contribution in [0.5, 0.6) is 0 Å². The third-order valence-electron chi connectivity index (χ3n) is 5.17. The second-order valence-electron chi connectivity index (χ2n) is 8.62. The maximum absolute atomic E-state index is 11.6. The lowest BCUT2D eigenvalue weighted by molar-refractivity contribution is -0.0441. The van der Waals surface area contributed by atoms with E-state index in [-0.39, 0.29) is 23.6 Å². The summed E-state index contributed by atoms with van der Waals surface area (Å²) in [4.78, 5) is 12.6. The molecule has 1 aliphatic heterocycles. The Labute approximate surface area is 189 Å². The maximum atomic E-state index is 11.6. The fraction of sp³-hybridized carbons (Fsp3) is 0.611. The molecule has 0 amide bonds. The number of hydrogen-bond acceptors (Lipinski definition) is 12. The minimum Gasteiger partial charge on any atom is -0.422 e. The lowest BCUT2D eigenvalue weighted by Crippen LogP contribution is -2.29. The summed E-state index contributed by atoms with van der Waals surface area (Å²) in [5, 5.41) is 32.2. The smallest absolute Gasteiger partial charge is 0.248 e. The van der Waals surface area contributed by atoms with Crippen molar-refractivity contribution in [3.8, 4) is 0 Å². The molecule has 0 saturated carbocycles. The number of anilines is 1. The van der Waals surface area contributed by atoms with E-state index in [0.29, 0.717) is 22.9 Å². The van der Waals surface area contributed by atoms with E-state index in [1.807, 2.05) is 20.8 Å². The zero-order valence-corrected chi connectivity index (χ0v) is 19.3. The molecule has 0 unspecified atom stereocenters. The van der Waals surface area contributed by atoms with Crippen molar-refractivity contribution in [2.75, 3.05) is 24.7 Å². The van der Waals surface area contributed by atoms with E-state index in [1.165, 1.54) is 24.3 Å². The van der Waals surface area contributed by atoms with Crippen LogP contribution in [0.2, 0.25) is 0 Å². The van der Waals surface area contributed by atoms with E-state index in [1.54, 1.807) is 0 Å². The number of nitrogens with zero attached hydrogens (tertiary/aromatic N) is 6. The molecule has 180 valence electrons. The summed E-state index contributed by atoms with van der Waals surface area (Å²) in [7, 11) is -2.05. The van der Waals surface area contributed by atoms with Gasteiger partial charge in [0.05, 0.1) is 12.1 Å². The molecule has 0 aliphatic carbocycles. The van der Waals surface area contributed by atoms with Gasteiger partial charge in [-0.15, -0.1) is 10.2 Å². The highest BCUT2D eigenvalue weighted by Crippen LogP contribution is 2.40. The zero-order chi connectivity index (χ0) is 24.0. The van der Waals surface area contributed by atoms with Gasteiger partial charge in [0.2, 0.25) is 21.8 Å². The molecule has 4 heterocycles. The molecule has 4 atom stereocenters. The highest BCUT2D eigenvalue weighted by atomic mass is 32.2. The van der Waals surface area contributed by atoms with Gasteiger partial charge in [0.15, 0.2) is 29.3 Å². The topological polar surface area (TPSA) is 190 Å². The lowest BCUT2D eigenvalue weighted by Gasteiger charge is -2.16. The standard InChI is InChI=1S/C18H26N8O6S/c1-18(2,3)17-25-24-15(32-17)12-10(27)11(28)16(31-12)26-8-23-9-13(21-7-22-14(9)26)20-5-6-33(29,30)19-4/h7-8,10-12,16,19,27-28H,5-6H2,1-4H3,(H,20,21,22)/t10-,11+,12-,16+/m0/s1. The molecule has 0 aromatic carbocycles. The van der Waals surface area contributed by atoms with E-state index in [9.17, 15) is 18.6 Å². The summed E-state index contributed by atoms with van der Waals surface area (Å²) in [6.07, 6.45) is -2.06. The number of aromatic nitrogens is 6. The predicted molar refractivity (Wildman–Crippen MR) is 115 cm³/mol. The Hall–Kier alpha value is -2.72. The Balaban J connectivity index is 1.57. The van der Waals surface area contributed by atoms with Crippen LogP contribution in [0.1, 0.15) is 44.9 Å². The van der Waals surface area contributed by atoms with Gasteiger partial charge in [0, 0.05) is 12.0 Å². The average Bonchev–Trinajstić information content (AvgIpc) is 3.47. The Morgan fingerprint density at radius 3 is 2.58 bits per heavy atom. The van der Waals surface area contributed by atoms with Crippen LogP contribution in [0.4, 0.5) is 5.82 Å². The number of hydrogen-bond donors (Lipinski definition) is 4. The monoisotopic (exact) mass is 482 g/mol. The van der Waals surface area contributed by atoms with Crippen LogP contribution in [0.15, 0.2) is 17.1 Å². The summed E-state index contributed by atoms with van der Waals surface area (Å²) < 4.78 is 38.5. The Morgan fingerprint density at radius 2 is 1.91 bits per heavy atom. The molecule has 33 heavy (non-hydrogen) atoms. The maximum Gasteiger partial charge on any atom is 0.248 e.